The Hall–Kier alpha value is -1.47. The molecule has 7 heteroatoms. The number of halogens is 1. The number of benzene rings is 1. The van der Waals surface area contributed by atoms with Crippen molar-refractivity contribution >= 4 is 15.9 Å². The number of hydrogen-bond acceptors (Lipinski definition) is 3. The van der Waals surface area contributed by atoms with E-state index in [1.807, 2.05) is 6.92 Å². The molecule has 0 radical (unpaired) electrons. The molecule has 0 aliphatic rings. The fourth-order valence-electron chi connectivity index (χ4n) is 2.30. The van der Waals surface area contributed by atoms with Crippen LogP contribution in [0.1, 0.15) is 63.7 Å². The molecule has 5 nitrogen and oxygen atoms in total. The van der Waals surface area contributed by atoms with E-state index in [0.29, 0.717) is 0 Å². The van der Waals surface area contributed by atoms with Crippen LogP contribution in [0.2, 0.25) is 0 Å². The molecule has 0 saturated heterocycles. The van der Waals surface area contributed by atoms with E-state index in [1.54, 1.807) is 13.8 Å². The molecule has 0 bridgehead atoms. The molecule has 0 spiro atoms. The first-order valence-corrected chi connectivity index (χ1v) is 9.78. The standard InChI is InChI=1S/C17H27FN2O3S/c1-5-6-7-8-13(4)19-17(21)15-11-14(9-10-16(15)18)24(22,23)20-12(2)3/h9-13,20H,5-8H2,1-4H3,(H,19,21). The molecule has 0 fully saturated rings. The van der Waals surface area contributed by atoms with Crippen LogP contribution >= 0.6 is 0 Å². The number of hydrogen-bond donors (Lipinski definition) is 2. The van der Waals surface area contributed by atoms with Crippen molar-refractivity contribution in [2.75, 3.05) is 0 Å². The summed E-state index contributed by atoms with van der Waals surface area (Å²) in [6.07, 6.45) is 3.93. The molecule has 0 saturated carbocycles. The van der Waals surface area contributed by atoms with Gasteiger partial charge in [-0.3, -0.25) is 4.79 Å². The molecule has 1 aromatic carbocycles. The lowest BCUT2D eigenvalue weighted by Gasteiger charge is -2.15. The van der Waals surface area contributed by atoms with Crippen molar-refractivity contribution in [1.82, 2.24) is 10.0 Å². The van der Waals surface area contributed by atoms with Gasteiger partial charge in [0.1, 0.15) is 5.82 Å². The maximum atomic E-state index is 14.0. The summed E-state index contributed by atoms with van der Waals surface area (Å²) >= 11 is 0. The number of rotatable bonds is 9. The summed E-state index contributed by atoms with van der Waals surface area (Å²) in [5.74, 6) is -1.34. The summed E-state index contributed by atoms with van der Waals surface area (Å²) in [5, 5.41) is 2.72. The van der Waals surface area contributed by atoms with Crippen molar-refractivity contribution in [1.29, 1.82) is 0 Å². The van der Waals surface area contributed by atoms with Gasteiger partial charge in [-0.25, -0.2) is 17.5 Å². The van der Waals surface area contributed by atoms with Gasteiger partial charge in [0.2, 0.25) is 10.0 Å². The Morgan fingerprint density at radius 3 is 2.46 bits per heavy atom. The highest BCUT2D eigenvalue weighted by atomic mass is 32.2. The highest BCUT2D eigenvalue weighted by Gasteiger charge is 2.20. The first-order chi connectivity index (χ1) is 11.2. The molecular weight excluding hydrogens is 331 g/mol. The highest BCUT2D eigenvalue weighted by Crippen LogP contribution is 2.16. The summed E-state index contributed by atoms with van der Waals surface area (Å²) in [6.45, 7) is 7.32. The molecule has 1 aromatic rings. The molecule has 136 valence electrons. The second kappa shape index (κ2) is 9.13. The van der Waals surface area contributed by atoms with Gasteiger partial charge >= 0.3 is 0 Å². The molecule has 0 heterocycles. The lowest BCUT2D eigenvalue weighted by molar-refractivity contribution is 0.0933. The first-order valence-electron chi connectivity index (χ1n) is 8.30. The van der Waals surface area contributed by atoms with Crippen LogP contribution in [0.4, 0.5) is 4.39 Å². The van der Waals surface area contributed by atoms with E-state index < -0.39 is 21.7 Å². The third-order valence-electron chi connectivity index (χ3n) is 3.50. The predicted molar refractivity (Wildman–Crippen MR) is 92.9 cm³/mol. The normalized spacial score (nSPS) is 13.1. The Morgan fingerprint density at radius 1 is 1.21 bits per heavy atom. The Labute approximate surface area is 144 Å². The van der Waals surface area contributed by atoms with E-state index in [-0.39, 0.29) is 22.5 Å². The lowest BCUT2D eigenvalue weighted by Crippen LogP contribution is -2.34. The summed E-state index contributed by atoms with van der Waals surface area (Å²) in [6, 6.07) is 2.84. The van der Waals surface area contributed by atoms with Crippen LogP contribution in [0.5, 0.6) is 0 Å². The van der Waals surface area contributed by atoms with Crippen LogP contribution < -0.4 is 10.0 Å². The van der Waals surface area contributed by atoms with Crippen molar-refractivity contribution in [3.63, 3.8) is 0 Å². The van der Waals surface area contributed by atoms with E-state index in [0.717, 1.165) is 43.9 Å². The minimum atomic E-state index is -3.78. The van der Waals surface area contributed by atoms with Gasteiger partial charge in [0.15, 0.2) is 0 Å². The maximum Gasteiger partial charge on any atom is 0.254 e. The maximum absolute atomic E-state index is 14.0. The molecule has 0 aromatic heterocycles. The molecule has 0 aliphatic carbocycles. The van der Waals surface area contributed by atoms with Crippen LogP contribution in [-0.4, -0.2) is 26.4 Å². The van der Waals surface area contributed by atoms with Gasteiger partial charge in [0.05, 0.1) is 10.5 Å². The zero-order chi connectivity index (χ0) is 18.3. The second-order valence-corrected chi connectivity index (χ2v) is 8.00. The van der Waals surface area contributed by atoms with E-state index in [2.05, 4.69) is 17.0 Å². The van der Waals surface area contributed by atoms with Gasteiger partial charge in [-0.15, -0.1) is 0 Å². The smallest absolute Gasteiger partial charge is 0.254 e. The quantitative estimate of drug-likeness (QED) is 0.666. The average molecular weight is 358 g/mol. The Morgan fingerprint density at radius 2 is 1.88 bits per heavy atom. The minimum Gasteiger partial charge on any atom is -0.349 e. The molecular formula is C17H27FN2O3S. The number of carbonyl (C=O) groups is 1. The molecule has 1 amide bonds. The molecule has 2 N–H and O–H groups in total. The summed E-state index contributed by atoms with van der Waals surface area (Å²) in [7, 11) is -3.78. The van der Waals surface area contributed by atoms with E-state index in [4.69, 9.17) is 0 Å². The number of amides is 1. The number of nitrogens with one attached hydrogen (secondary N) is 2. The fraction of sp³-hybridized carbons (Fsp3) is 0.588. The average Bonchev–Trinajstić information content (AvgIpc) is 2.46. The minimum absolute atomic E-state index is 0.0995. The number of unbranched alkanes of at least 4 members (excludes halogenated alkanes) is 2. The molecule has 24 heavy (non-hydrogen) atoms. The van der Waals surface area contributed by atoms with Gasteiger partial charge < -0.3 is 5.32 Å². The fourth-order valence-corrected chi connectivity index (χ4v) is 3.58. The van der Waals surface area contributed by atoms with E-state index in [9.17, 15) is 17.6 Å². The monoisotopic (exact) mass is 358 g/mol. The van der Waals surface area contributed by atoms with Crippen molar-refractivity contribution in [3.8, 4) is 0 Å². The van der Waals surface area contributed by atoms with Crippen LogP contribution in [0.25, 0.3) is 0 Å². The van der Waals surface area contributed by atoms with Crippen molar-refractivity contribution in [2.24, 2.45) is 0 Å². The summed E-state index contributed by atoms with van der Waals surface area (Å²) in [5.41, 5.74) is -0.260. The van der Waals surface area contributed by atoms with E-state index in [1.165, 1.54) is 0 Å². The Balaban J connectivity index is 2.91. The Kier molecular flexibility index (Phi) is 7.83. The highest BCUT2D eigenvalue weighted by molar-refractivity contribution is 7.89. The van der Waals surface area contributed by atoms with E-state index >= 15 is 0 Å². The summed E-state index contributed by atoms with van der Waals surface area (Å²) in [4.78, 5) is 12.1. The zero-order valence-electron chi connectivity index (χ0n) is 14.7. The topological polar surface area (TPSA) is 75.3 Å². The SMILES string of the molecule is CCCCCC(C)NC(=O)c1cc(S(=O)(=O)NC(C)C)ccc1F. The molecule has 1 rings (SSSR count). The molecule has 1 unspecified atom stereocenters. The third kappa shape index (κ3) is 6.20. The lowest BCUT2D eigenvalue weighted by atomic mass is 10.1. The van der Waals surface area contributed by atoms with Gasteiger partial charge in [-0.05, 0) is 45.4 Å². The second-order valence-electron chi connectivity index (χ2n) is 6.29. The number of sulfonamides is 1. The van der Waals surface area contributed by atoms with Crippen LogP contribution in [0, 0.1) is 5.82 Å². The summed E-state index contributed by atoms with van der Waals surface area (Å²) < 4.78 is 40.7. The van der Waals surface area contributed by atoms with Gasteiger partial charge in [0, 0.05) is 12.1 Å². The van der Waals surface area contributed by atoms with Crippen molar-refractivity contribution < 1.29 is 17.6 Å². The molecule has 1 atom stereocenters. The first kappa shape index (κ1) is 20.6. The van der Waals surface area contributed by atoms with Crippen molar-refractivity contribution in [2.45, 2.75) is 70.4 Å². The van der Waals surface area contributed by atoms with Gasteiger partial charge in [-0.1, -0.05) is 26.2 Å². The zero-order valence-corrected chi connectivity index (χ0v) is 15.5. The van der Waals surface area contributed by atoms with Crippen molar-refractivity contribution in [3.05, 3.63) is 29.6 Å². The largest absolute Gasteiger partial charge is 0.349 e. The number of carbonyl (C=O) groups excluding carboxylic acids is 1. The molecule has 0 aliphatic heterocycles. The van der Waals surface area contributed by atoms with Crippen LogP contribution in [-0.2, 0) is 10.0 Å². The predicted octanol–water partition coefficient (Wildman–Crippen LogP) is 3.21. The van der Waals surface area contributed by atoms with Gasteiger partial charge in [-0.2, -0.15) is 0 Å². The third-order valence-corrected chi connectivity index (χ3v) is 5.16. The van der Waals surface area contributed by atoms with Gasteiger partial charge in [0.25, 0.3) is 5.91 Å². The van der Waals surface area contributed by atoms with Crippen LogP contribution in [0.15, 0.2) is 23.1 Å². The Bertz CT molecular complexity index is 660. The van der Waals surface area contributed by atoms with Crippen LogP contribution in [0.3, 0.4) is 0 Å².